The molecule has 0 heterocycles. The standard InChI is InChI=1S/C2H5N3O/c1-4-2(3)5-6/h1H3,(H2,3,4). The molecular formula is C2H5N3O. The van der Waals surface area contributed by atoms with Crippen molar-refractivity contribution in [3.05, 3.63) is 4.91 Å². The molecule has 0 radical (unpaired) electrons. The summed E-state index contributed by atoms with van der Waals surface area (Å²) < 4.78 is 0. The SMILES string of the molecule is C/N=C(/N)N=O. The molecule has 4 nitrogen and oxygen atoms in total. The Labute approximate surface area is 35.0 Å². The third-order valence-corrected chi connectivity index (χ3v) is 0.323. The molecule has 0 aromatic carbocycles. The van der Waals surface area contributed by atoms with Gasteiger partial charge in [-0.2, -0.15) is 0 Å². The lowest BCUT2D eigenvalue weighted by Gasteiger charge is -1.73. The van der Waals surface area contributed by atoms with Gasteiger partial charge in [0.05, 0.1) is 0 Å². The van der Waals surface area contributed by atoms with Crippen molar-refractivity contribution in [3.8, 4) is 0 Å². The van der Waals surface area contributed by atoms with Gasteiger partial charge in [-0.25, -0.2) is 0 Å². The predicted molar refractivity (Wildman–Crippen MR) is 23.3 cm³/mol. The Kier molecular flexibility index (Phi) is 1.96. The van der Waals surface area contributed by atoms with Crippen molar-refractivity contribution in [1.82, 2.24) is 0 Å². The second-order valence-corrected chi connectivity index (χ2v) is 0.673. The molecule has 0 spiro atoms. The van der Waals surface area contributed by atoms with E-state index >= 15 is 0 Å². The highest BCUT2D eigenvalue weighted by atomic mass is 16.3. The first kappa shape index (κ1) is 5.07. The van der Waals surface area contributed by atoms with Gasteiger partial charge in [0.1, 0.15) is 0 Å². The van der Waals surface area contributed by atoms with Crippen LogP contribution in [0, 0.1) is 4.91 Å². The minimum Gasteiger partial charge on any atom is -0.365 e. The molecule has 0 saturated carbocycles. The molecule has 0 rings (SSSR count). The fourth-order valence-corrected chi connectivity index (χ4v) is 0.0408. The van der Waals surface area contributed by atoms with Crippen LogP contribution in [0.5, 0.6) is 0 Å². The molecule has 0 bridgehead atoms. The van der Waals surface area contributed by atoms with Gasteiger partial charge in [0.2, 0.25) is 0 Å². The van der Waals surface area contributed by atoms with Crippen LogP contribution < -0.4 is 5.73 Å². The Hall–Kier alpha value is -0.930. The van der Waals surface area contributed by atoms with Crippen molar-refractivity contribution in [2.75, 3.05) is 7.05 Å². The smallest absolute Gasteiger partial charge is 0.257 e. The summed E-state index contributed by atoms with van der Waals surface area (Å²) in [5, 5.41) is 2.28. The number of nitrogens with zero attached hydrogens (tertiary/aromatic N) is 2. The third kappa shape index (κ3) is 1.40. The van der Waals surface area contributed by atoms with Crippen LogP contribution in [0.15, 0.2) is 10.2 Å². The molecule has 2 N–H and O–H groups in total. The highest BCUT2D eigenvalue weighted by molar-refractivity contribution is 5.78. The first-order chi connectivity index (χ1) is 2.81. The zero-order valence-electron chi connectivity index (χ0n) is 3.38. The number of rotatable bonds is 0. The molecule has 4 heteroatoms. The summed E-state index contributed by atoms with van der Waals surface area (Å²) in [4.78, 5) is 12.5. The quantitative estimate of drug-likeness (QED) is 0.250. The zero-order chi connectivity index (χ0) is 4.99. The van der Waals surface area contributed by atoms with Gasteiger partial charge >= 0.3 is 0 Å². The Morgan fingerprint density at radius 1 is 1.83 bits per heavy atom. The number of nitroso groups, excluding NO2 is 1. The predicted octanol–water partition coefficient (Wildman–Crippen LogP) is -0.303. The molecule has 0 saturated heterocycles. The molecule has 0 amide bonds. The van der Waals surface area contributed by atoms with E-state index in [1.54, 1.807) is 0 Å². The van der Waals surface area contributed by atoms with Gasteiger partial charge in [0.25, 0.3) is 5.96 Å². The van der Waals surface area contributed by atoms with E-state index in [1.165, 1.54) is 7.05 Å². The average Bonchev–Trinajstić information content (AvgIpc) is 1.65. The molecule has 0 aliphatic carbocycles. The van der Waals surface area contributed by atoms with Gasteiger partial charge in [-0.05, 0) is 0 Å². The second-order valence-electron chi connectivity index (χ2n) is 0.673. The topological polar surface area (TPSA) is 67.8 Å². The fourth-order valence-electron chi connectivity index (χ4n) is 0.0408. The third-order valence-electron chi connectivity index (χ3n) is 0.323. The Morgan fingerprint density at radius 3 is 2.33 bits per heavy atom. The van der Waals surface area contributed by atoms with E-state index in [4.69, 9.17) is 5.73 Å². The lowest BCUT2D eigenvalue weighted by Crippen LogP contribution is -2.05. The van der Waals surface area contributed by atoms with Gasteiger partial charge in [0.15, 0.2) is 0 Å². The highest BCUT2D eigenvalue weighted by Gasteiger charge is 1.76. The van der Waals surface area contributed by atoms with Crippen molar-refractivity contribution in [2.24, 2.45) is 15.9 Å². The Bertz CT molecular complexity index is 76.9. The van der Waals surface area contributed by atoms with Gasteiger partial charge < -0.3 is 5.73 Å². The molecule has 0 unspecified atom stereocenters. The van der Waals surface area contributed by atoms with Gasteiger partial charge in [-0.1, -0.05) is 0 Å². The summed E-state index contributed by atoms with van der Waals surface area (Å²) in [7, 11) is 1.40. The van der Waals surface area contributed by atoms with Crippen LogP contribution in [0.1, 0.15) is 0 Å². The summed E-state index contributed by atoms with van der Waals surface area (Å²) in [6.07, 6.45) is 0. The maximum atomic E-state index is 9.23. The maximum absolute atomic E-state index is 9.23. The van der Waals surface area contributed by atoms with Crippen molar-refractivity contribution in [1.29, 1.82) is 0 Å². The Balaban J connectivity index is 3.50. The lowest BCUT2D eigenvalue weighted by atomic mass is 11.1. The first-order valence-corrected chi connectivity index (χ1v) is 1.37. The summed E-state index contributed by atoms with van der Waals surface area (Å²) in [6.45, 7) is 0. The van der Waals surface area contributed by atoms with Crippen LogP contribution >= 0.6 is 0 Å². The van der Waals surface area contributed by atoms with Gasteiger partial charge in [-0.15, -0.1) is 4.91 Å². The molecule has 34 valence electrons. The zero-order valence-corrected chi connectivity index (χ0v) is 3.38. The molecule has 0 aliphatic rings. The normalized spacial score (nSPS) is 11.2. The van der Waals surface area contributed by atoms with Gasteiger partial charge in [-0.3, -0.25) is 4.99 Å². The second kappa shape index (κ2) is 2.32. The van der Waals surface area contributed by atoms with E-state index in [0.717, 1.165) is 0 Å². The first-order valence-electron chi connectivity index (χ1n) is 1.37. The number of hydrogen-bond acceptors (Lipinski definition) is 2. The number of hydrogen-bond donors (Lipinski definition) is 1. The van der Waals surface area contributed by atoms with Crippen LogP contribution in [-0.2, 0) is 0 Å². The number of nitrogens with two attached hydrogens (primary N) is 1. The van der Waals surface area contributed by atoms with Crippen molar-refractivity contribution >= 4 is 5.96 Å². The summed E-state index contributed by atoms with van der Waals surface area (Å²) >= 11 is 0. The number of aliphatic imine (C=N–C) groups is 1. The molecule has 0 aromatic heterocycles. The van der Waals surface area contributed by atoms with Crippen molar-refractivity contribution in [3.63, 3.8) is 0 Å². The molecular weight excluding hydrogens is 82.0 g/mol. The van der Waals surface area contributed by atoms with E-state index in [-0.39, 0.29) is 5.96 Å². The lowest BCUT2D eigenvalue weighted by molar-refractivity contribution is 1.35. The highest BCUT2D eigenvalue weighted by Crippen LogP contribution is 1.60. The molecule has 0 aromatic rings. The van der Waals surface area contributed by atoms with E-state index in [0.29, 0.717) is 0 Å². The summed E-state index contributed by atoms with van der Waals surface area (Å²) in [5.41, 5.74) is 4.74. The molecule has 0 fully saturated rings. The van der Waals surface area contributed by atoms with Crippen LogP contribution in [0.4, 0.5) is 0 Å². The van der Waals surface area contributed by atoms with Crippen LogP contribution in [0.3, 0.4) is 0 Å². The molecule has 0 aliphatic heterocycles. The van der Waals surface area contributed by atoms with Gasteiger partial charge in [0, 0.05) is 12.2 Å². The molecule has 6 heavy (non-hydrogen) atoms. The van der Waals surface area contributed by atoms with E-state index in [2.05, 4.69) is 10.2 Å². The largest absolute Gasteiger partial charge is 0.365 e. The van der Waals surface area contributed by atoms with Crippen LogP contribution in [0.2, 0.25) is 0 Å². The monoisotopic (exact) mass is 87.0 g/mol. The van der Waals surface area contributed by atoms with E-state index in [1.807, 2.05) is 0 Å². The average molecular weight is 87.1 g/mol. The van der Waals surface area contributed by atoms with E-state index < -0.39 is 0 Å². The molecule has 0 atom stereocenters. The maximum Gasteiger partial charge on any atom is 0.257 e. The van der Waals surface area contributed by atoms with E-state index in [9.17, 15) is 4.91 Å². The summed E-state index contributed by atoms with van der Waals surface area (Å²) in [5.74, 6) is -0.213. The number of guanidine groups is 1. The minimum atomic E-state index is -0.213. The van der Waals surface area contributed by atoms with Crippen molar-refractivity contribution in [2.45, 2.75) is 0 Å². The van der Waals surface area contributed by atoms with Crippen LogP contribution in [0.25, 0.3) is 0 Å². The fraction of sp³-hybridized carbons (Fsp3) is 0.500. The van der Waals surface area contributed by atoms with Crippen molar-refractivity contribution < 1.29 is 0 Å². The summed E-state index contributed by atoms with van der Waals surface area (Å²) in [6, 6.07) is 0. The Morgan fingerprint density at radius 2 is 2.33 bits per heavy atom. The minimum absolute atomic E-state index is 0.213. The van der Waals surface area contributed by atoms with Crippen LogP contribution in [-0.4, -0.2) is 13.0 Å².